The van der Waals surface area contributed by atoms with Crippen molar-refractivity contribution < 1.29 is 13.9 Å². The van der Waals surface area contributed by atoms with Crippen LogP contribution in [0.5, 0.6) is 0 Å². The van der Waals surface area contributed by atoms with Crippen LogP contribution in [-0.4, -0.2) is 21.0 Å². The minimum atomic E-state index is -2.62. The zero-order chi connectivity index (χ0) is 13.3. The van der Waals surface area contributed by atoms with Crippen molar-refractivity contribution in [2.45, 2.75) is 51.2 Å². The number of halogens is 2. The van der Waals surface area contributed by atoms with E-state index in [4.69, 9.17) is 5.73 Å². The summed E-state index contributed by atoms with van der Waals surface area (Å²) in [6.07, 6.45) is 2.05. The summed E-state index contributed by atoms with van der Waals surface area (Å²) in [5.41, 5.74) is 5.25. The highest BCUT2D eigenvalue weighted by Gasteiger charge is 2.27. The lowest BCUT2D eigenvalue weighted by atomic mass is 9.83. The lowest BCUT2D eigenvalue weighted by molar-refractivity contribution is 0.0877. The molecule has 0 bridgehead atoms. The highest BCUT2D eigenvalue weighted by Crippen LogP contribution is 2.35. The van der Waals surface area contributed by atoms with Crippen LogP contribution >= 0.6 is 0 Å². The van der Waals surface area contributed by atoms with Crippen molar-refractivity contribution in [1.82, 2.24) is 9.78 Å². The first-order chi connectivity index (χ1) is 8.49. The summed E-state index contributed by atoms with van der Waals surface area (Å²) in [5, 5.41) is 13.4. The summed E-state index contributed by atoms with van der Waals surface area (Å²) in [6.45, 7) is 1.80. The van der Waals surface area contributed by atoms with Crippen LogP contribution in [0.4, 0.5) is 14.5 Å². The summed E-state index contributed by atoms with van der Waals surface area (Å²) in [4.78, 5) is 0. The van der Waals surface area contributed by atoms with Crippen molar-refractivity contribution in [3.8, 4) is 0 Å². The minimum Gasteiger partial charge on any atom is -0.396 e. The van der Waals surface area contributed by atoms with E-state index in [1.807, 2.05) is 0 Å². The lowest BCUT2D eigenvalue weighted by Gasteiger charge is -2.30. The number of nitrogen functional groups attached to an aromatic ring is 1. The monoisotopic (exact) mass is 259 g/mol. The van der Waals surface area contributed by atoms with Crippen LogP contribution in [0.25, 0.3) is 0 Å². The molecule has 1 aliphatic rings. The number of nitrogens with two attached hydrogens (primary N) is 1. The maximum atomic E-state index is 12.6. The van der Waals surface area contributed by atoms with E-state index >= 15 is 0 Å². The smallest absolute Gasteiger partial charge is 0.284 e. The van der Waals surface area contributed by atoms with E-state index in [0.29, 0.717) is 5.92 Å². The summed E-state index contributed by atoms with van der Waals surface area (Å²) in [5.74, 6) is 0.309. The van der Waals surface area contributed by atoms with Gasteiger partial charge in [0, 0.05) is 6.20 Å². The zero-order valence-electron chi connectivity index (χ0n) is 10.4. The minimum absolute atomic E-state index is 0.0580. The number of nitrogens with zero attached hydrogens (tertiary/aromatic N) is 2. The van der Waals surface area contributed by atoms with E-state index in [0.717, 1.165) is 25.7 Å². The number of rotatable bonds is 3. The van der Waals surface area contributed by atoms with Crippen LogP contribution < -0.4 is 5.73 Å². The average Bonchev–Trinajstić information content (AvgIpc) is 2.71. The van der Waals surface area contributed by atoms with Crippen LogP contribution in [-0.2, 0) is 0 Å². The Morgan fingerprint density at radius 3 is 2.44 bits per heavy atom. The Labute approximate surface area is 105 Å². The molecule has 1 aromatic heterocycles. The largest absolute Gasteiger partial charge is 0.396 e. The Kier molecular flexibility index (Phi) is 3.85. The third-order valence-electron chi connectivity index (χ3n) is 3.79. The topological polar surface area (TPSA) is 64.1 Å². The van der Waals surface area contributed by atoms with Crippen LogP contribution in [0.1, 0.15) is 50.8 Å². The molecule has 3 N–H and O–H groups in total. The SMILES string of the molecule is CC(O)C1CCC(n2cc(N)c(C(F)F)n2)CC1. The number of aromatic nitrogens is 2. The molecule has 0 aromatic carbocycles. The van der Waals surface area contributed by atoms with Gasteiger partial charge >= 0.3 is 0 Å². The predicted octanol–water partition coefficient (Wildman–Crippen LogP) is 2.52. The Hall–Kier alpha value is -1.17. The number of aliphatic hydroxyl groups is 1. The molecule has 0 saturated heterocycles. The summed E-state index contributed by atoms with van der Waals surface area (Å²) in [7, 11) is 0. The van der Waals surface area contributed by atoms with E-state index in [1.165, 1.54) is 6.20 Å². The molecule has 2 rings (SSSR count). The molecule has 1 saturated carbocycles. The highest BCUT2D eigenvalue weighted by molar-refractivity contribution is 5.41. The fourth-order valence-corrected chi connectivity index (χ4v) is 2.62. The molecule has 0 aliphatic heterocycles. The van der Waals surface area contributed by atoms with Gasteiger partial charge in [0.2, 0.25) is 0 Å². The predicted molar refractivity (Wildman–Crippen MR) is 64.3 cm³/mol. The molecule has 1 atom stereocenters. The lowest BCUT2D eigenvalue weighted by Crippen LogP contribution is -2.25. The van der Waals surface area contributed by atoms with Gasteiger partial charge in [0.15, 0.2) is 5.69 Å². The molecule has 0 radical (unpaired) electrons. The van der Waals surface area contributed by atoms with Crippen LogP contribution in [0.15, 0.2) is 6.20 Å². The first-order valence-corrected chi connectivity index (χ1v) is 6.29. The molecule has 18 heavy (non-hydrogen) atoms. The summed E-state index contributed by atoms with van der Waals surface area (Å²) >= 11 is 0. The second kappa shape index (κ2) is 5.22. The van der Waals surface area contributed by atoms with Gasteiger partial charge in [0.05, 0.1) is 17.8 Å². The second-order valence-corrected chi connectivity index (χ2v) is 5.06. The van der Waals surface area contributed by atoms with Crippen molar-refractivity contribution in [1.29, 1.82) is 0 Å². The van der Waals surface area contributed by atoms with Crippen molar-refractivity contribution >= 4 is 5.69 Å². The van der Waals surface area contributed by atoms with E-state index < -0.39 is 6.43 Å². The van der Waals surface area contributed by atoms with Gasteiger partial charge in [-0.25, -0.2) is 8.78 Å². The van der Waals surface area contributed by atoms with Gasteiger partial charge in [0.1, 0.15) is 0 Å². The Morgan fingerprint density at radius 2 is 2.00 bits per heavy atom. The van der Waals surface area contributed by atoms with Gasteiger partial charge in [-0.3, -0.25) is 4.68 Å². The third-order valence-corrected chi connectivity index (χ3v) is 3.79. The average molecular weight is 259 g/mol. The van der Waals surface area contributed by atoms with E-state index in [9.17, 15) is 13.9 Å². The molecule has 1 unspecified atom stereocenters. The van der Waals surface area contributed by atoms with E-state index in [-0.39, 0.29) is 23.5 Å². The van der Waals surface area contributed by atoms with Crippen LogP contribution in [0.2, 0.25) is 0 Å². The van der Waals surface area contributed by atoms with E-state index in [1.54, 1.807) is 11.6 Å². The highest BCUT2D eigenvalue weighted by atomic mass is 19.3. The normalized spacial score (nSPS) is 26.5. The molecule has 6 heteroatoms. The first-order valence-electron chi connectivity index (χ1n) is 6.29. The van der Waals surface area contributed by atoms with Crippen molar-refractivity contribution in [3.63, 3.8) is 0 Å². The molecule has 0 spiro atoms. The quantitative estimate of drug-likeness (QED) is 0.876. The summed E-state index contributed by atoms with van der Waals surface area (Å²) < 4.78 is 26.7. The molecule has 0 amide bonds. The fourth-order valence-electron chi connectivity index (χ4n) is 2.62. The first kappa shape index (κ1) is 13.3. The molecule has 102 valence electrons. The van der Waals surface area contributed by atoms with Gasteiger partial charge in [0.25, 0.3) is 6.43 Å². The fraction of sp³-hybridized carbons (Fsp3) is 0.750. The molecule has 1 aromatic rings. The Balaban J connectivity index is 2.03. The number of aliphatic hydroxyl groups excluding tert-OH is 1. The molecule has 4 nitrogen and oxygen atoms in total. The van der Waals surface area contributed by atoms with Gasteiger partial charge in [-0.15, -0.1) is 0 Å². The van der Waals surface area contributed by atoms with Gasteiger partial charge in [-0.1, -0.05) is 0 Å². The summed E-state index contributed by atoms with van der Waals surface area (Å²) in [6, 6.07) is 0.120. The third kappa shape index (κ3) is 2.63. The number of hydrogen-bond donors (Lipinski definition) is 2. The zero-order valence-corrected chi connectivity index (χ0v) is 10.4. The second-order valence-electron chi connectivity index (χ2n) is 5.06. The number of alkyl halides is 2. The number of hydrogen-bond acceptors (Lipinski definition) is 3. The molecular weight excluding hydrogens is 240 g/mol. The maximum Gasteiger partial charge on any atom is 0.284 e. The number of anilines is 1. The molecule has 1 fully saturated rings. The van der Waals surface area contributed by atoms with Crippen molar-refractivity contribution in [2.75, 3.05) is 5.73 Å². The van der Waals surface area contributed by atoms with Crippen molar-refractivity contribution in [3.05, 3.63) is 11.9 Å². The van der Waals surface area contributed by atoms with Crippen LogP contribution in [0.3, 0.4) is 0 Å². The Morgan fingerprint density at radius 1 is 1.39 bits per heavy atom. The van der Waals surface area contributed by atoms with E-state index in [2.05, 4.69) is 5.10 Å². The van der Waals surface area contributed by atoms with Crippen LogP contribution in [0, 0.1) is 5.92 Å². The van der Waals surface area contributed by atoms with Gasteiger partial charge in [-0.2, -0.15) is 5.10 Å². The molecular formula is C12H19F2N3O. The standard InChI is InChI=1S/C12H19F2N3O/c1-7(18)8-2-4-9(5-3-8)17-6-10(15)11(16-17)12(13)14/h6-9,12,18H,2-5,15H2,1H3. The Bertz CT molecular complexity index is 398. The van der Waals surface area contributed by atoms with Gasteiger partial charge in [-0.05, 0) is 38.5 Å². The van der Waals surface area contributed by atoms with Crippen molar-refractivity contribution in [2.24, 2.45) is 5.92 Å². The maximum absolute atomic E-state index is 12.6. The van der Waals surface area contributed by atoms with Gasteiger partial charge < -0.3 is 10.8 Å². The molecule has 1 heterocycles. The molecule has 1 aliphatic carbocycles.